The summed E-state index contributed by atoms with van der Waals surface area (Å²) in [6.45, 7) is 4.18. The maximum absolute atomic E-state index is 12.4. The summed E-state index contributed by atoms with van der Waals surface area (Å²) in [4.78, 5) is 22.9. The molecule has 0 aliphatic carbocycles. The molecule has 0 unspecified atom stereocenters. The summed E-state index contributed by atoms with van der Waals surface area (Å²) in [7, 11) is 0. The fourth-order valence-corrected chi connectivity index (χ4v) is 3.15. The number of hydrogen-bond acceptors (Lipinski definition) is 6. The van der Waals surface area contributed by atoms with E-state index in [0.29, 0.717) is 35.3 Å². The topological polar surface area (TPSA) is 103 Å². The van der Waals surface area contributed by atoms with Gasteiger partial charge < -0.3 is 9.47 Å². The second-order valence-corrected chi connectivity index (χ2v) is 7.40. The quantitative estimate of drug-likeness (QED) is 0.261. The first-order valence-electron chi connectivity index (χ1n) is 10.1. The van der Waals surface area contributed by atoms with E-state index < -0.39 is 10.8 Å². The van der Waals surface area contributed by atoms with Gasteiger partial charge in [-0.15, -0.1) is 0 Å². The normalized spacial score (nSPS) is 10.8. The Morgan fingerprint density at radius 3 is 2.58 bits per heavy atom. The van der Waals surface area contributed by atoms with Crippen LogP contribution in [0.5, 0.6) is 11.5 Å². The Balaban J connectivity index is 1.68. The first-order valence-corrected chi connectivity index (χ1v) is 10.5. The monoisotopic (exact) mass is 467 g/mol. The third kappa shape index (κ3) is 6.30. The van der Waals surface area contributed by atoms with Gasteiger partial charge in [-0.05, 0) is 61.4 Å². The zero-order chi connectivity index (χ0) is 23.8. The van der Waals surface area contributed by atoms with Gasteiger partial charge in [-0.2, -0.15) is 5.10 Å². The summed E-state index contributed by atoms with van der Waals surface area (Å²) in [6, 6.07) is 17.0. The SMILES string of the molecule is CCOc1cc(/C=N/NC(=O)c2cccc([N+](=O)[O-])c2C)ccc1OCc1ccc(Cl)cc1. The van der Waals surface area contributed by atoms with Crippen LogP contribution in [0.15, 0.2) is 65.8 Å². The smallest absolute Gasteiger partial charge is 0.273 e. The van der Waals surface area contributed by atoms with Gasteiger partial charge >= 0.3 is 0 Å². The highest BCUT2D eigenvalue weighted by molar-refractivity contribution is 6.30. The first-order chi connectivity index (χ1) is 15.9. The minimum atomic E-state index is -0.541. The number of rotatable bonds is 9. The van der Waals surface area contributed by atoms with Crippen LogP contribution in [0.4, 0.5) is 5.69 Å². The van der Waals surface area contributed by atoms with Gasteiger partial charge in [-0.1, -0.05) is 29.8 Å². The number of halogens is 1. The molecule has 8 nitrogen and oxygen atoms in total. The predicted octanol–water partition coefficient (Wildman–Crippen LogP) is 5.30. The largest absolute Gasteiger partial charge is 0.490 e. The van der Waals surface area contributed by atoms with Gasteiger partial charge in [0.1, 0.15) is 6.61 Å². The number of nitrogens with zero attached hydrogens (tertiary/aromatic N) is 2. The Kier molecular flexibility index (Phi) is 7.99. The number of carbonyl (C=O) groups is 1. The fourth-order valence-electron chi connectivity index (χ4n) is 3.03. The molecule has 1 N–H and O–H groups in total. The molecule has 0 aromatic heterocycles. The molecule has 0 atom stereocenters. The molecule has 0 heterocycles. The highest BCUT2D eigenvalue weighted by Crippen LogP contribution is 2.29. The predicted molar refractivity (Wildman–Crippen MR) is 126 cm³/mol. The summed E-state index contributed by atoms with van der Waals surface area (Å²) in [5.41, 5.74) is 4.37. The van der Waals surface area contributed by atoms with E-state index in [0.717, 1.165) is 5.56 Å². The Hall–Kier alpha value is -3.91. The summed E-state index contributed by atoms with van der Waals surface area (Å²) in [5, 5.41) is 15.7. The molecule has 3 rings (SSSR count). The number of hydrazone groups is 1. The standard InChI is InChI=1S/C24H22ClN3O5/c1-3-32-23-13-18(9-12-22(23)33-15-17-7-10-19(25)11-8-17)14-26-27-24(29)20-5-4-6-21(16(20)2)28(30)31/h4-14H,3,15H2,1-2H3,(H,27,29)/b26-14+. The minimum absolute atomic E-state index is 0.123. The molecule has 3 aromatic rings. The van der Waals surface area contributed by atoms with Crippen molar-refractivity contribution in [3.05, 3.63) is 98.1 Å². The van der Waals surface area contributed by atoms with Crippen LogP contribution in [0, 0.1) is 17.0 Å². The van der Waals surface area contributed by atoms with Crippen molar-refractivity contribution in [2.24, 2.45) is 5.10 Å². The second-order valence-electron chi connectivity index (χ2n) is 6.96. The van der Waals surface area contributed by atoms with Crippen LogP contribution >= 0.6 is 11.6 Å². The molecule has 0 aliphatic heterocycles. The van der Waals surface area contributed by atoms with Gasteiger partial charge in [0, 0.05) is 16.7 Å². The van der Waals surface area contributed by atoms with E-state index in [-0.39, 0.29) is 16.8 Å². The van der Waals surface area contributed by atoms with E-state index in [4.69, 9.17) is 21.1 Å². The van der Waals surface area contributed by atoms with Crippen molar-refractivity contribution >= 4 is 29.4 Å². The average molecular weight is 468 g/mol. The molecule has 33 heavy (non-hydrogen) atoms. The van der Waals surface area contributed by atoms with Crippen LogP contribution in [0.3, 0.4) is 0 Å². The van der Waals surface area contributed by atoms with E-state index in [2.05, 4.69) is 10.5 Å². The molecule has 9 heteroatoms. The van der Waals surface area contributed by atoms with Crippen LogP contribution in [0.2, 0.25) is 5.02 Å². The lowest BCUT2D eigenvalue weighted by molar-refractivity contribution is -0.385. The molecule has 1 amide bonds. The summed E-state index contributed by atoms with van der Waals surface area (Å²) < 4.78 is 11.6. The second kappa shape index (κ2) is 11.1. The van der Waals surface area contributed by atoms with Crippen molar-refractivity contribution in [1.82, 2.24) is 5.43 Å². The van der Waals surface area contributed by atoms with Crippen molar-refractivity contribution in [3.63, 3.8) is 0 Å². The van der Waals surface area contributed by atoms with Crippen molar-refractivity contribution in [2.45, 2.75) is 20.5 Å². The zero-order valence-corrected chi connectivity index (χ0v) is 18.8. The van der Waals surface area contributed by atoms with Gasteiger partial charge in [0.25, 0.3) is 11.6 Å². The molecule has 0 aliphatic rings. The lowest BCUT2D eigenvalue weighted by Crippen LogP contribution is -2.19. The van der Waals surface area contributed by atoms with Crippen molar-refractivity contribution in [1.29, 1.82) is 0 Å². The third-order valence-electron chi connectivity index (χ3n) is 4.70. The van der Waals surface area contributed by atoms with E-state index in [1.807, 2.05) is 19.1 Å². The molecular weight excluding hydrogens is 446 g/mol. The molecule has 170 valence electrons. The highest BCUT2D eigenvalue weighted by atomic mass is 35.5. The number of nitro groups is 1. The number of nitrogens with one attached hydrogen (secondary N) is 1. The van der Waals surface area contributed by atoms with Crippen molar-refractivity contribution < 1.29 is 19.2 Å². The number of amides is 1. The van der Waals surface area contributed by atoms with E-state index in [1.165, 1.54) is 31.3 Å². The first kappa shape index (κ1) is 23.7. The van der Waals surface area contributed by atoms with E-state index in [1.54, 1.807) is 30.3 Å². The summed E-state index contributed by atoms with van der Waals surface area (Å²) in [5.74, 6) is 0.567. The third-order valence-corrected chi connectivity index (χ3v) is 4.95. The summed E-state index contributed by atoms with van der Waals surface area (Å²) in [6.07, 6.45) is 1.45. The van der Waals surface area contributed by atoms with E-state index in [9.17, 15) is 14.9 Å². The van der Waals surface area contributed by atoms with Gasteiger partial charge in [0.2, 0.25) is 0 Å². The number of ether oxygens (including phenoxy) is 2. The molecule has 0 radical (unpaired) electrons. The van der Waals surface area contributed by atoms with Gasteiger partial charge in [0.15, 0.2) is 11.5 Å². The lowest BCUT2D eigenvalue weighted by Gasteiger charge is -2.12. The lowest BCUT2D eigenvalue weighted by atomic mass is 10.1. The van der Waals surface area contributed by atoms with Crippen LogP contribution in [0.1, 0.15) is 34.0 Å². The molecule has 0 fully saturated rings. The Morgan fingerprint density at radius 2 is 1.88 bits per heavy atom. The maximum atomic E-state index is 12.4. The molecule has 0 bridgehead atoms. The zero-order valence-electron chi connectivity index (χ0n) is 18.1. The number of hydrogen-bond donors (Lipinski definition) is 1. The number of carbonyl (C=O) groups excluding carboxylic acids is 1. The Bertz CT molecular complexity index is 1180. The molecule has 0 saturated heterocycles. The van der Waals surface area contributed by atoms with Crippen LogP contribution in [-0.2, 0) is 6.61 Å². The molecular formula is C24H22ClN3O5. The fraction of sp³-hybridized carbons (Fsp3) is 0.167. The Morgan fingerprint density at radius 1 is 1.12 bits per heavy atom. The van der Waals surface area contributed by atoms with Crippen molar-refractivity contribution in [3.8, 4) is 11.5 Å². The van der Waals surface area contributed by atoms with Gasteiger partial charge in [0.05, 0.1) is 23.3 Å². The van der Waals surface area contributed by atoms with Gasteiger partial charge in [-0.25, -0.2) is 5.43 Å². The average Bonchev–Trinajstić information content (AvgIpc) is 2.79. The number of benzene rings is 3. The molecule has 0 spiro atoms. The van der Waals surface area contributed by atoms with Crippen molar-refractivity contribution in [2.75, 3.05) is 6.61 Å². The van der Waals surface area contributed by atoms with Crippen LogP contribution in [-0.4, -0.2) is 23.7 Å². The maximum Gasteiger partial charge on any atom is 0.273 e. The Labute approximate surface area is 195 Å². The molecule has 3 aromatic carbocycles. The van der Waals surface area contributed by atoms with Gasteiger partial charge in [-0.3, -0.25) is 14.9 Å². The summed E-state index contributed by atoms with van der Waals surface area (Å²) >= 11 is 5.91. The molecule has 0 saturated carbocycles. The number of nitro benzene ring substituents is 1. The van der Waals surface area contributed by atoms with Crippen LogP contribution < -0.4 is 14.9 Å². The highest BCUT2D eigenvalue weighted by Gasteiger charge is 2.17. The minimum Gasteiger partial charge on any atom is -0.490 e. The van der Waals surface area contributed by atoms with Crippen LogP contribution in [0.25, 0.3) is 0 Å². The van der Waals surface area contributed by atoms with E-state index >= 15 is 0 Å².